The summed E-state index contributed by atoms with van der Waals surface area (Å²) >= 11 is 12.6. The highest BCUT2D eigenvalue weighted by molar-refractivity contribution is 9.11. The summed E-state index contributed by atoms with van der Waals surface area (Å²) in [7, 11) is -3.60. The summed E-state index contributed by atoms with van der Waals surface area (Å²) in [6.07, 6.45) is 0. The molecule has 0 radical (unpaired) electrons. The van der Waals surface area contributed by atoms with Crippen LogP contribution < -0.4 is 0 Å². The second-order valence-corrected chi connectivity index (χ2v) is 8.41. The van der Waals surface area contributed by atoms with Crippen molar-refractivity contribution in [2.45, 2.75) is 17.9 Å². The molecule has 1 aliphatic rings. The third-order valence-corrected chi connectivity index (χ3v) is 7.27. The molecule has 4 nitrogen and oxygen atoms in total. The summed E-state index contributed by atoms with van der Waals surface area (Å²) in [5.74, 6) is 0.212. The zero-order valence-corrected chi connectivity index (χ0v) is 15.5. The van der Waals surface area contributed by atoms with E-state index in [-0.39, 0.29) is 16.8 Å². The predicted molar refractivity (Wildman–Crippen MR) is 85.8 cm³/mol. The molecule has 1 aliphatic heterocycles. The van der Waals surface area contributed by atoms with Gasteiger partial charge in [0.15, 0.2) is 0 Å². The third-order valence-electron chi connectivity index (χ3n) is 3.15. The van der Waals surface area contributed by atoms with E-state index in [0.29, 0.717) is 24.2 Å². The van der Waals surface area contributed by atoms with Crippen LogP contribution in [-0.4, -0.2) is 44.4 Å². The van der Waals surface area contributed by atoms with Gasteiger partial charge in [-0.15, -0.1) is 11.6 Å². The van der Waals surface area contributed by atoms with E-state index in [9.17, 15) is 8.42 Å². The molecule has 8 heteroatoms. The Morgan fingerprint density at radius 3 is 2.75 bits per heavy atom. The number of nitrogens with zero attached hydrogens (tertiary/aromatic N) is 1. The van der Waals surface area contributed by atoms with Crippen LogP contribution in [0.3, 0.4) is 0 Å². The fraction of sp³-hybridized carbons (Fsp3) is 0.500. The van der Waals surface area contributed by atoms with Crippen LogP contribution in [0.15, 0.2) is 26.0 Å². The van der Waals surface area contributed by atoms with E-state index < -0.39 is 10.0 Å². The number of sulfonamides is 1. The number of rotatable bonds is 3. The van der Waals surface area contributed by atoms with E-state index in [0.717, 1.165) is 10.0 Å². The van der Waals surface area contributed by atoms with Crippen LogP contribution in [0.2, 0.25) is 0 Å². The van der Waals surface area contributed by atoms with Gasteiger partial charge in [-0.05, 0) is 40.5 Å². The highest BCUT2D eigenvalue weighted by Crippen LogP contribution is 2.32. The van der Waals surface area contributed by atoms with Gasteiger partial charge in [-0.2, -0.15) is 4.31 Å². The topological polar surface area (TPSA) is 46.6 Å². The molecular formula is C12H14Br2ClNO3S. The van der Waals surface area contributed by atoms with Gasteiger partial charge in [0, 0.05) is 21.4 Å². The molecule has 0 aromatic heterocycles. The van der Waals surface area contributed by atoms with Crippen LogP contribution in [0.1, 0.15) is 5.56 Å². The molecule has 0 amide bonds. The van der Waals surface area contributed by atoms with E-state index in [1.807, 2.05) is 6.92 Å². The summed E-state index contributed by atoms with van der Waals surface area (Å²) < 4.78 is 33.6. The fourth-order valence-electron chi connectivity index (χ4n) is 2.03. The number of hydrogen-bond acceptors (Lipinski definition) is 3. The van der Waals surface area contributed by atoms with Crippen LogP contribution >= 0.6 is 43.5 Å². The van der Waals surface area contributed by atoms with Crippen LogP contribution in [0.5, 0.6) is 0 Å². The monoisotopic (exact) mass is 445 g/mol. The molecule has 0 aliphatic carbocycles. The van der Waals surface area contributed by atoms with E-state index in [1.54, 1.807) is 12.1 Å². The maximum absolute atomic E-state index is 12.8. The van der Waals surface area contributed by atoms with Gasteiger partial charge in [-0.3, -0.25) is 0 Å². The van der Waals surface area contributed by atoms with Crippen molar-refractivity contribution in [3.05, 3.63) is 26.6 Å². The number of benzene rings is 1. The van der Waals surface area contributed by atoms with Crippen LogP contribution in [0.25, 0.3) is 0 Å². The molecule has 0 saturated carbocycles. The lowest BCUT2D eigenvalue weighted by Crippen LogP contribution is -2.49. The van der Waals surface area contributed by atoms with Gasteiger partial charge < -0.3 is 4.74 Å². The van der Waals surface area contributed by atoms with Crippen LogP contribution in [0, 0.1) is 6.92 Å². The van der Waals surface area contributed by atoms with Crippen molar-refractivity contribution < 1.29 is 13.2 Å². The first kappa shape index (κ1) is 16.7. The van der Waals surface area contributed by atoms with Crippen molar-refractivity contribution in [1.29, 1.82) is 0 Å². The zero-order valence-electron chi connectivity index (χ0n) is 10.8. The van der Waals surface area contributed by atoms with Crippen molar-refractivity contribution in [3.8, 4) is 0 Å². The van der Waals surface area contributed by atoms with Gasteiger partial charge in [-0.25, -0.2) is 8.42 Å². The molecule has 1 aromatic carbocycles. The lowest BCUT2D eigenvalue weighted by atomic mass is 10.2. The molecular weight excluding hydrogens is 433 g/mol. The van der Waals surface area contributed by atoms with Crippen molar-refractivity contribution in [2.75, 3.05) is 25.6 Å². The second kappa shape index (κ2) is 6.62. The Bertz CT molecular complexity index is 609. The quantitative estimate of drug-likeness (QED) is 0.669. The molecule has 20 heavy (non-hydrogen) atoms. The molecule has 1 heterocycles. The largest absolute Gasteiger partial charge is 0.378 e. The molecule has 1 unspecified atom stereocenters. The first-order valence-electron chi connectivity index (χ1n) is 5.99. The lowest BCUT2D eigenvalue weighted by Gasteiger charge is -2.33. The van der Waals surface area contributed by atoms with Gasteiger partial charge in [0.2, 0.25) is 10.0 Å². The molecule has 1 atom stereocenters. The van der Waals surface area contributed by atoms with E-state index in [2.05, 4.69) is 31.9 Å². The van der Waals surface area contributed by atoms with Gasteiger partial charge in [0.25, 0.3) is 0 Å². The Labute approximate surface area is 140 Å². The highest BCUT2D eigenvalue weighted by Gasteiger charge is 2.35. The van der Waals surface area contributed by atoms with Crippen LogP contribution in [0.4, 0.5) is 0 Å². The van der Waals surface area contributed by atoms with Crippen molar-refractivity contribution in [2.24, 2.45) is 0 Å². The first-order chi connectivity index (χ1) is 9.37. The summed E-state index contributed by atoms with van der Waals surface area (Å²) in [4.78, 5) is 0.243. The SMILES string of the molecule is Cc1cc(Br)c(S(=O)(=O)N2CCOCC2CCl)cc1Br. The summed E-state index contributed by atoms with van der Waals surface area (Å²) in [5.41, 5.74) is 0.965. The van der Waals surface area contributed by atoms with Gasteiger partial charge in [0.1, 0.15) is 0 Å². The Hall–Kier alpha value is 0.340. The Morgan fingerprint density at radius 1 is 1.40 bits per heavy atom. The first-order valence-corrected chi connectivity index (χ1v) is 9.55. The van der Waals surface area contributed by atoms with Gasteiger partial charge >= 0.3 is 0 Å². The van der Waals surface area contributed by atoms with Gasteiger partial charge in [-0.1, -0.05) is 15.9 Å². The molecule has 2 rings (SSSR count). The molecule has 0 spiro atoms. The fourth-order valence-corrected chi connectivity index (χ4v) is 5.60. The lowest BCUT2D eigenvalue weighted by molar-refractivity contribution is 0.0404. The molecule has 0 bridgehead atoms. The van der Waals surface area contributed by atoms with Crippen molar-refractivity contribution >= 4 is 53.5 Å². The molecule has 0 N–H and O–H groups in total. The third kappa shape index (κ3) is 3.23. The standard InChI is InChI=1S/C12H14Br2ClNO3S/c1-8-4-11(14)12(5-10(8)13)20(17,18)16-2-3-19-7-9(16)6-15/h4-5,9H,2-3,6-7H2,1H3. The zero-order chi connectivity index (χ0) is 14.9. The normalized spacial score (nSPS) is 21.1. The maximum atomic E-state index is 12.8. The number of halogens is 3. The Morgan fingerprint density at radius 2 is 2.10 bits per heavy atom. The summed E-state index contributed by atoms with van der Waals surface area (Å²) in [5, 5.41) is 0. The maximum Gasteiger partial charge on any atom is 0.244 e. The molecule has 1 aromatic rings. The van der Waals surface area contributed by atoms with E-state index >= 15 is 0 Å². The Kier molecular flexibility index (Phi) is 5.53. The Balaban J connectivity index is 2.46. The average Bonchev–Trinajstić information content (AvgIpc) is 2.42. The minimum atomic E-state index is -3.60. The average molecular weight is 448 g/mol. The van der Waals surface area contributed by atoms with Crippen molar-refractivity contribution in [1.82, 2.24) is 4.31 Å². The number of morpholine rings is 1. The molecule has 1 fully saturated rings. The summed E-state index contributed by atoms with van der Waals surface area (Å²) in [6, 6.07) is 3.07. The smallest absolute Gasteiger partial charge is 0.244 e. The predicted octanol–water partition coefficient (Wildman–Crippen LogP) is 3.15. The number of ether oxygens (including phenoxy) is 1. The minimum absolute atomic E-state index is 0.212. The number of aryl methyl sites for hydroxylation is 1. The summed E-state index contributed by atoms with van der Waals surface area (Å²) in [6.45, 7) is 2.93. The van der Waals surface area contributed by atoms with E-state index in [4.69, 9.17) is 16.3 Å². The number of hydrogen-bond donors (Lipinski definition) is 0. The van der Waals surface area contributed by atoms with E-state index in [1.165, 1.54) is 4.31 Å². The number of alkyl halides is 1. The second-order valence-electron chi connectivity index (χ2n) is 4.53. The molecule has 112 valence electrons. The van der Waals surface area contributed by atoms with Crippen molar-refractivity contribution in [3.63, 3.8) is 0 Å². The molecule has 1 saturated heterocycles. The van der Waals surface area contributed by atoms with Crippen LogP contribution in [-0.2, 0) is 14.8 Å². The van der Waals surface area contributed by atoms with Gasteiger partial charge in [0.05, 0.1) is 24.2 Å². The highest BCUT2D eigenvalue weighted by atomic mass is 79.9. The minimum Gasteiger partial charge on any atom is -0.378 e.